The Balaban J connectivity index is 0.00000176. The lowest BCUT2D eigenvalue weighted by Crippen LogP contribution is -2.48. The molecule has 1 amide bonds. The molecule has 1 saturated heterocycles. The van der Waals surface area contributed by atoms with Gasteiger partial charge in [0.25, 0.3) is 5.92 Å². The average molecular weight is 336 g/mol. The number of carbonyl (C=O) groups is 1. The third kappa shape index (κ3) is 3.55. The molecule has 2 unspecified atom stereocenters. The molecule has 0 aromatic carbocycles. The van der Waals surface area contributed by atoms with Crippen LogP contribution >= 0.6 is 12.4 Å². The van der Waals surface area contributed by atoms with E-state index in [0.29, 0.717) is 6.54 Å². The molecular weight excluding hydrogens is 316 g/mol. The summed E-state index contributed by atoms with van der Waals surface area (Å²) in [7, 11) is 0. The van der Waals surface area contributed by atoms with Crippen LogP contribution < -0.4 is 10.6 Å². The molecule has 3 rings (SSSR count). The molecule has 0 spiro atoms. The molecular formula is C13H20ClF2N5O. The minimum atomic E-state index is -2.79. The Morgan fingerprint density at radius 2 is 2.32 bits per heavy atom. The van der Waals surface area contributed by atoms with Crippen molar-refractivity contribution in [2.45, 2.75) is 57.2 Å². The number of alkyl halides is 2. The molecule has 2 atom stereocenters. The van der Waals surface area contributed by atoms with Crippen molar-refractivity contribution < 1.29 is 13.6 Å². The summed E-state index contributed by atoms with van der Waals surface area (Å²) in [5.74, 6) is -1.41. The van der Waals surface area contributed by atoms with Gasteiger partial charge in [-0.05, 0) is 6.42 Å². The van der Waals surface area contributed by atoms with Crippen LogP contribution in [0.25, 0.3) is 0 Å². The fourth-order valence-electron chi connectivity index (χ4n) is 2.83. The van der Waals surface area contributed by atoms with E-state index in [0.717, 1.165) is 30.9 Å². The van der Waals surface area contributed by atoms with Gasteiger partial charge in [-0.2, -0.15) is 5.10 Å². The van der Waals surface area contributed by atoms with Crippen molar-refractivity contribution in [3.05, 3.63) is 11.6 Å². The van der Waals surface area contributed by atoms with Gasteiger partial charge in [-0.15, -0.1) is 12.4 Å². The normalized spacial score (nSPS) is 26.1. The molecule has 0 radical (unpaired) electrons. The van der Waals surface area contributed by atoms with E-state index in [4.69, 9.17) is 0 Å². The second-order valence-electron chi connectivity index (χ2n) is 5.72. The third-order valence-electron chi connectivity index (χ3n) is 3.99. The van der Waals surface area contributed by atoms with Crippen LogP contribution in [0.5, 0.6) is 0 Å². The van der Waals surface area contributed by atoms with E-state index < -0.39 is 24.9 Å². The van der Waals surface area contributed by atoms with Crippen molar-refractivity contribution in [2.24, 2.45) is 0 Å². The first-order chi connectivity index (χ1) is 9.97. The Bertz CT molecular complexity index is 551. The maximum Gasteiger partial charge on any atom is 0.262 e. The van der Waals surface area contributed by atoms with Crippen LogP contribution in [0.1, 0.15) is 31.4 Å². The fourth-order valence-corrected chi connectivity index (χ4v) is 2.83. The number of halogens is 3. The lowest BCUT2D eigenvalue weighted by molar-refractivity contribution is -0.124. The molecule has 1 fully saturated rings. The van der Waals surface area contributed by atoms with E-state index in [-0.39, 0.29) is 24.4 Å². The molecule has 1 aromatic rings. The van der Waals surface area contributed by atoms with Crippen LogP contribution in [0.3, 0.4) is 0 Å². The number of fused-ring (bicyclic) bond motifs is 1. The first-order valence-corrected chi connectivity index (χ1v) is 7.31. The van der Waals surface area contributed by atoms with E-state index in [1.807, 2.05) is 11.6 Å². The van der Waals surface area contributed by atoms with Gasteiger partial charge in [-0.1, -0.05) is 6.92 Å². The van der Waals surface area contributed by atoms with Gasteiger partial charge >= 0.3 is 0 Å². The smallest absolute Gasteiger partial charge is 0.262 e. The number of carbonyl (C=O) groups excluding carboxylic acids is 1. The molecule has 22 heavy (non-hydrogen) atoms. The zero-order valence-corrected chi connectivity index (χ0v) is 13.1. The van der Waals surface area contributed by atoms with Gasteiger partial charge in [0.15, 0.2) is 5.82 Å². The minimum absolute atomic E-state index is 0. The highest BCUT2D eigenvalue weighted by molar-refractivity contribution is 5.85. The predicted octanol–water partition coefficient (Wildman–Crippen LogP) is 0.690. The molecule has 2 aliphatic rings. The Hall–Kier alpha value is -1.28. The predicted molar refractivity (Wildman–Crippen MR) is 78.3 cm³/mol. The molecule has 1 aromatic heterocycles. The van der Waals surface area contributed by atoms with Crippen LogP contribution in [-0.2, 0) is 24.2 Å². The number of hydrogen-bond acceptors (Lipinski definition) is 4. The van der Waals surface area contributed by atoms with E-state index in [2.05, 4.69) is 20.7 Å². The van der Waals surface area contributed by atoms with Crippen LogP contribution in [-0.4, -0.2) is 45.2 Å². The van der Waals surface area contributed by atoms with E-state index in [1.54, 1.807) is 0 Å². The molecule has 0 aliphatic carbocycles. The summed E-state index contributed by atoms with van der Waals surface area (Å²) in [6.45, 7) is 2.12. The van der Waals surface area contributed by atoms with Gasteiger partial charge < -0.3 is 5.32 Å². The van der Waals surface area contributed by atoms with Crippen molar-refractivity contribution in [3.8, 4) is 0 Å². The highest BCUT2D eigenvalue weighted by Gasteiger charge is 2.42. The van der Waals surface area contributed by atoms with Crippen molar-refractivity contribution in [3.63, 3.8) is 0 Å². The molecule has 9 heteroatoms. The topological polar surface area (TPSA) is 71.8 Å². The molecule has 124 valence electrons. The van der Waals surface area contributed by atoms with Gasteiger partial charge in [0.05, 0.1) is 19.1 Å². The summed E-state index contributed by atoms with van der Waals surface area (Å²) < 4.78 is 28.0. The maximum absolute atomic E-state index is 13.1. The third-order valence-corrected chi connectivity index (χ3v) is 3.99. The molecule has 2 N–H and O–H groups in total. The molecule has 6 nitrogen and oxygen atoms in total. The van der Waals surface area contributed by atoms with Crippen molar-refractivity contribution in [2.75, 3.05) is 6.54 Å². The van der Waals surface area contributed by atoms with Crippen LogP contribution in [0, 0.1) is 0 Å². The lowest BCUT2D eigenvalue weighted by atomic mass is 10.1. The number of rotatable bonds is 3. The first-order valence-electron chi connectivity index (χ1n) is 7.31. The molecule has 0 saturated carbocycles. The second kappa shape index (κ2) is 6.45. The molecule has 0 bridgehead atoms. The second-order valence-corrected chi connectivity index (χ2v) is 5.72. The zero-order valence-electron chi connectivity index (χ0n) is 12.3. The van der Waals surface area contributed by atoms with E-state index in [9.17, 15) is 13.6 Å². The van der Waals surface area contributed by atoms with Crippen molar-refractivity contribution in [1.29, 1.82) is 0 Å². The van der Waals surface area contributed by atoms with Gasteiger partial charge in [-0.25, -0.2) is 18.4 Å². The highest BCUT2D eigenvalue weighted by Crippen LogP contribution is 2.25. The maximum atomic E-state index is 13.1. The zero-order chi connectivity index (χ0) is 15.0. The van der Waals surface area contributed by atoms with Crippen LogP contribution in [0.2, 0.25) is 0 Å². The summed E-state index contributed by atoms with van der Waals surface area (Å²) in [5.41, 5.74) is 0. The number of hydrogen-bond donors (Lipinski definition) is 2. The van der Waals surface area contributed by atoms with Crippen molar-refractivity contribution in [1.82, 2.24) is 25.4 Å². The van der Waals surface area contributed by atoms with E-state index >= 15 is 0 Å². The number of nitrogens with one attached hydrogen (secondary N) is 2. The summed E-state index contributed by atoms with van der Waals surface area (Å²) in [5, 5.41) is 9.78. The number of aryl methyl sites for hydroxylation is 2. The Morgan fingerprint density at radius 1 is 1.55 bits per heavy atom. The first kappa shape index (κ1) is 17.1. The summed E-state index contributed by atoms with van der Waals surface area (Å²) >= 11 is 0. The van der Waals surface area contributed by atoms with Gasteiger partial charge in [-0.3, -0.25) is 10.1 Å². The lowest BCUT2D eigenvalue weighted by Gasteiger charge is -2.24. The van der Waals surface area contributed by atoms with Gasteiger partial charge in [0.1, 0.15) is 5.82 Å². The highest BCUT2D eigenvalue weighted by atomic mass is 35.5. The summed E-state index contributed by atoms with van der Waals surface area (Å²) in [6, 6.07) is -0.879. The Labute approximate surface area is 133 Å². The average Bonchev–Trinajstić information content (AvgIpc) is 3.00. The van der Waals surface area contributed by atoms with E-state index in [1.165, 1.54) is 0 Å². The number of aromatic nitrogens is 3. The minimum Gasteiger partial charge on any atom is -0.350 e. The number of amides is 1. The fraction of sp³-hybridized carbons (Fsp3) is 0.769. The van der Waals surface area contributed by atoms with Crippen LogP contribution in [0.4, 0.5) is 8.78 Å². The Morgan fingerprint density at radius 3 is 2.95 bits per heavy atom. The van der Waals surface area contributed by atoms with Gasteiger partial charge in [0.2, 0.25) is 5.91 Å². The monoisotopic (exact) mass is 335 g/mol. The largest absolute Gasteiger partial charge is 0.350 e. The van der Waals surface area contributed by atoms with Crippen molar-refractivity contribution >= 4 is 18.3 Å². The summed E-state index contributed by atoms with van der Waals surface area (Å²) in [4.78, 5) is 16.4. The molecule has 3 heterocycles. The SMILES string of the molecule is CCc1nc2n(n1)CC(NC(=O)C1CC(F)(F)CN1)CC2.Cl. The standard InChI is InChI=1S/C13H19F2N5O.ClH/c1-2-10-18-11-4-3-8(6-20(11)19-10)17-12(21)9-5-13(14,15)7-16-9;/h8-9,16H,2-7H2,1H3,(H,17,21);1H. The number of nitrogens with zero attached hydrogens (tertiary/aromatic N) is 3. The quantitative estimate of drug-likeness (QED) is 0.852. The van der Waals surface area contributed by atoms with Crippen LogP contribution in [0.15, 0.2) is 0 Å². The summed E-state index contributed by atoms with van der Waals surface area (Å²) in [6.07, 6.45) is 1.85. The molecule has 2 aliphatic heterocycles. The Kier molecular flexibility index (Phi) is 5.01. The van der Waals surface area contributed by atoms with Gasteiger partial charge in [0, 0.05) is 25.3 Å².